The second-order valence-corrected chi connectivity index (χ2v) is 5.66. The topological polar surface area (TPSA) is 19.4 Å². The molecule has 0 radical (unpaired) electrons. The average Bonchev–Trinajstić information content (AvgIpc) is 2.73. The van der Waals surface area contributed by atoms with E-state index in [9.17, 15) is 0 Å². The molecule has 0 atom stereocenters. The number of rotatable bonds is 6. The van der Waals surface area contributed by atoms with E-state index >= 15 is 0 Å². The first-order valence-corrected chi connectivity index (χ1v) is 7.64. The number of likely N-dealkylation sites (tertiary alicyclic amines) is 1. The Morgan fingerprint density at radius 1 is 1.05 bits per heavy atom. The average molecular weight is 261 g/mol. The Hall–Kier alpha value is -0.930. The normalized spacial score (nSPS) is 17.6. The molecule has 106 valence electrons. The zero-order chi connectivity index (χ0) is 13.3. The quantitative estimate of drug-likeness (QED) is 0.784. The van der Waals surface area contributed by atoms with E-state index in [4.69, 9.17) is 0 Å². The maximum Gasteiger partial charge on any atom is 0.0270 e. The first kappa shape index (κ1) is 14.5. The summed E-state index contributed by atoms with van der Waals surface area (Å²) in [5.74, 6) is 0. The molecule has 0 saturated carbocycles. The number of aromatic nitrogens is 1. The molecule has 0 spiro atoms. The van der Waals surface area contributed by atoms with Crippen LogP contribution in [-0.2, 0) is 6.42 Å². The lowest BCUT2D eigenvalue weighted by atomic mass is 10.2. The molecule has 19 heavy (non-hydrogen) atoms. The lowest BCUT2D eigenvalue weighted by Gasteiger charge is -2.24. The van der Waals surface area contributed by atoms with E-state index in [1.807, 2.05) is 12.4 Å². The monoisotopic (exact) mass is 261 g/mol. The summed E-state index contributed by atoms with van der Waals surface area (Å²) in [5.41, 5.74) is 1.39. The van der Waals surface area contributed by atoms with Crippen molar-refractivity contribution >= 4 is 0 Å². The van der Waals surface area contributed by atoms with Crippen LogP contribution in [-0.4, -0.2) is 54.6 Å². The van der Waals surface area contributed by atoms with Crippen LogP contribution in [0.4, 0.5) is 0 Å². The van der Waals surface area contributed by atoms with Crippen LogP contribution >= 0.6 is 0 Å². The summed E-state index contributed by atoms with van der Waals surface area (Å²) in [6.07, 6.45) is 10.5. The van der Waals surface area contributed by atoms with E-state index in [-0.39, 0.29) is 0 Å². The first-order valence-electron chi connectivity index (χ1n) is 7.64. The van der Waals surface area contributed by atoms with Gasteiger partial charge < -0.3 is 9.80 Å². The van der Waals surface area contributed by atoms with Crippen LogP contribution in [0.15, 0.2) is 24.5 Å². The van der Waals surface area contributed by atoms with Crippen molar-refractivity contribution in [3.8, 4) is 0 Å². The van der Waals surface area contributed by atoms with Crippen LogP contribution in [0.5, 0.6) is 0 Å². The third-order valence-corrected chi connectivity index (χ3v) is 4.03. The lowest BCUT2D eigenvalue weighted by molar-refractivity contribution is 0.232. The van der Waals surface area contributed by atoms with E-state index in [1.54, 1.807) is 0 Å². The van der Waals surface area contributed by atoms with Crippen LogP contribution in [0.2, 0.25) is 0 Å². The molecule has 3 nitrogen and oxygen atoms in total. The van der Waals surface area contributed by atoms with Crippen LogP contribution in [0.1, 0.15) is 31.2 Å². The molecule has 0 amide bonds. The van der Waals surface area contributed by atoms with Gasteiger partial charge in [0.05, 0.1) is 0 Å². The van der Waals surface area contributed by atoms with Gasteiger partial charge in [-0.05, 0) is 57.1 Å². The summed E-state index contributed by atoms with van der Waals surface area (Å²) in [4.78, 5) is 9.14. The summed E-state index contributed by atoms with van der Waals surface area (Å²) < 4.78 is 0. The van der Waals surface area contributed by atoms with E-state index in [2.05, 4.69) is 34.0 Å². The van der Waals surface area contributed by atoms with Crippen LogP contribution in [0, 0.1) is 0 Å². The molecular formula is C16H27N3. The molecule has 1 saturated heterocycles. The molecule has 1 aromatic rings. The molecule has 2 heterocycles. The van der Waals surface area contributed by atoms with Crippen molar-refractivity contribution in [2.24, 2.45) is 0 Å². The molecular weight excluding hydrogens is 234 g/mol. The van der Waals surface area contributed by atoms with E-state index in [0.29, 0.717) is 0 Å². The van der Waals surface area contributed by atoms with Gasteiger partial charge in [0.25, 0.3) is 0 Å². The fourth-order valence-corrected chi connectivity index (χ4v) is 2.65. The molecule has 0 bridgehead atoms. The molecule has 3 heteroatoms. The van der Waals surface area contributed by atoms with Crippen molar-refractivity contribution in [2.75, 3.05) is 39.8 Å². The van der Waals surface area contributed by atoms with Crippen molar-refractivity contribution in [3.63, 3.8) is 0 Å². The minimum absolute atomic E-state index is 1.12. The molecule has 0 aliphatic carbocycles. The molecule has 0 unspecified atom stereocenters. The lowest BCUT2D eigenvalue weighted by Crippen LogP contribution is -2.34. The van der Waals surface area contributed by atoms with Crippen molar-refractivity contribution in [1.29, 1.82) is 0 Å². The predicted molar refractivity (Wildman–Crippen MR) is 80.3 cm³/mol. The number of likely N-dealkylation sites (N-methyl/N-ethyl adjacent to an activating group) is 1. The maximum atomic E-state index is 4.06. The predicted octanol–water partition coefficient (Wildman–Crippen LogP) is 2.43. The van der Waals surface area contributed by atoms with E-state index < -0.39 is 0 Å². The summed E-state index contributed by atoms with van der Waals surface area (Å²) in [6, 6.07) is 4.23. The fourth-order valence-electron chi connectivity index (χ4n) is 2.65. The smallest absolute Gasteiger partial charge is 0.0270 e. The van der Waals surface area contributed by atoms with Crippen LogP contribution in [0.3, 0.4) is 0 Å². The third-order valence-electron chi connectivity index (χ3n) is 4.03. The minimum Gasteiger partial charge on any atom is -0.305 e. The van der Waals surface area contributed by atoms with Crippen molar-refractivity contribution in [2.45, 2.75) is 32.1 Å². The van der Waals surface area contributed by atoms with Gasteiger partial charge in [0, 0.05) is 32.0 Å². The molecule has 1 aromatic heterocycles. The Morgan fingerprint density at radius 2 is 1.74 bits per heavy atom. The number of nitrogens with zero attached hydrogens (tertiary/aromatic N) is 3. The molecule has 1 fully saturated rings. The van der Waals surface area contributed by atoms with Gasteiger partial charge in [-0.15, -0.1) is 0 Å². The molecule has 1 aliphatic heterocycles. The Kier molecular flexibility index (Phi) is 6.31. The summed E-state index contributed by atoms with van der Waals surface area (Å²) in [7, 11) is 2.24. The fraction of sp³-hybridized carbons (Fsp3) is 0.688. The molecule has 2 rings (SSSR count). The molecule has 0 aromatic carbocycles. The van der Waals surface area contributed by atoms with Crippen LogP contribution in [0.25, 0.3) is 0 Å². The third kappa shape index (κ3) is 5.70. The minimum atomic E-state index is 1.12. The number of hydrogen-bond acceptors (Lipinski definition) is 3. The Bertz CT molecular complexity index is 331. The van der Waals surface area contributed by atoms with Gasteiger partial charge >= 0.3 is 0 Å². The van der Waals surface area contributed by atoms with E-state index in [1.165, 1.54) is 57.4 Å². The highest BCUT2D eigenvalue weighted by atomic mass is 15.2. The SMILES string of the molecule is CN(CCc1ccncc1)CCN1CCCCCC1. The van der Waals surface area contributed by atoms with Gasteiger partial charge in [0.15, 0.2) is 0 Å². The van der Waals surface area contributed by atoms with E-state index in [0.717, 1.165) is 13.0 Å². The highest BCUT2D eigenvalue weighted by molar-refractivity contribution is 5.09. The van der Waals surface area contributed by atoms with Gasteiger partial charge in [0.2, 0.25) is 0 Å². The first-order chi connectivity index (χ1) is 9.34. The van der Waals surface area contributed by atoms with Crippen LogP contribution < -0.4 is 0 Å². The largest absolute Gasteiger partial charge is 0.305 e. The number of hydrogen-bond donors (Lipinski definition) is 0. The van der Waals surface area contributed by atoms with Crippen molar-refractivity contribution in [3.05, 3.63) is 30.1 Å². The van der Waals surface area contributed by atoms with Gasteiger partial charge in [-0.25, -0.2) is 0 Å². The zero-order valence-electron chi connectivity index (χ0n) is 12.2. The summed E-state index contributed by atoms with van der Waals surface area (Å²) in [5, 5.41) is 0. The maximum absolute atomic E-state index is 4.06. The Morgan fingerprint density at radius 3 is 2.42 bits per heavy atom. The summed E-state index contributed by atoms with van der Waals surface area (Å²) in [6.45, 7) is 6.16. The van der Waals surface area contributed by atoms with Gasteiger partial charge in [-0.1, -0.05) is 12.8 Å². The highest BCUT2D eigenvalue weighted by Gasteiger charge is 2.09. The Balaban J connectivity index is 1.62. The number of pyridine rings is 1. The van der Waals surface area contributed by atoms with Gasteiger partial charge in [-0.2, -0.15) is 0 Å². The van der Waals surface area contributed by atoms with Gasteiger partial charge in [-0.3, -0.25) is 4.98 Å². The zero-order valence-corrected chi connectivity index (χ0v) is 12.2. The van der Waals surface area contributed by atoms with Gasteiger partial charge in [0.1, 0.15) is 0 Å². The molecule has 1 aliphatic rings. The Labute approximate surface area is 117 Å². The second-order valence-electron chi connectivity index (χ2n) is 5.66. The second kappa shape index (κ2) is 8.28. The standard InChI is InChI=1S/C16H27N3/c1-18(13-8-16-6-9-17-10-7-16)14-15-19-11-4-2-3-5-12-19/h6-7,9-10H,2-5,8,11-15H2,1H3. The molecule has 0 N–H and O–H groups in total. The highest BCUT2D eigenvalue weighted by Crippen LogP contribution is 2.09. The summed E-state index contributed by atoms with van der Waals surface area (Å²) >= 11 is 0. The van der Waals surface area contributed by atoms with Crippen molar-refractivity contribution in [1.82, 2.24) is 14.8 Å². The van der Waals surface area contributed by atoms with Crippen molar-refractivity contribution < 1.29 is 0 Å².